The lowest BCUT2D eigenvalue weighted by molar-refractivity contribution is -0.166. The molecule has 0 saturated heterocycles. The highest BCUT2D eigenvalue weighted by Gasteiger charge is 2.52. The zero-order valence-corrected chi connectivity index (χ0v) is 15.3. The molecule has 0 aromatic heterocycles. The number of ether oxygens (including phenoxy) is 2. The van der Waals surface area contributed by atoms with Crippen LogP contribution in [-0.2, 0) is 25.7 Å². The molecule has 0 atom stereocenters. The van der Waals surface area contributed by atoms with Gasteiger partial charge >= 0.3 is 5.97 Å². The number of benzene rings is 1. The fraction of sp³-hybridized carbons (Fsp3) is 0.571. The van der Waals surface area contributed by atoms with Crippen LogP contribution in [0.2, 0.25) is 0 Å². The third kappa shape index (κ3) is 3.90. The molecule has 5 rings (SSSR count). The summed E-state index contributed by atoms with van der Waals surface area (Å²) in [5.41, 5.74) is -0.0464. The fourth-order valence-corrected chi connectivity index (χ4v) is 5.50. The molecule has 4 fully saturated rings. The Bertz CT molecular complexity index is 707. The standard InChI is InChI=1S/C21H25NO5/c23-18(19(22-25)20(24)26-12-14-4-2-1-3-5-14)13-27-21-9-15-6-16(10-21)8-17(7-15)11-21/h1-5,15-17,25H,6-13H2. The van der Waals surface area contributed by atoms with Gasteiger partial charge in [-0.05, 0) is 61.8 Å². The summed E-state index contributed by atoms with van der Waals surface area (Å²) in [5, 5.41) is 12.0. The number of hydrogen-bond donors (Lipinski definition) is 1. The lowest BCUT2D eigenvalue weighted by Crippen LogP contribution is -2.52. The van der Waals surface area contributed by atoms with Gasteiger partial charge in [0, 0.05) is 0 Å². The first-order valence-corrected chi connectivity index (χ1v) is 9.67. The van der Waals surface area contributed by atoms with Crippen molar-refractivity contribution in [1.29, 1.82) is 0 Å². The Labute approximate surface area is 158 Å². The van der Waals surface area contributed by atoms with E-state index >= 15 is 0 Å². The van der Waals surface area contributed by atoms with Crippen LogP contribution in [0.3, 0.4) is 0 Å². The van der Waals surface area contributed by atoms with E-state index in [0.717, 1.165) is 24.8 Å². The first kappa shape index (κ1) is 18.2. The van der Waals surface area contributed by atoms with Crippen molar-refractivity contribution in [2.75, 3.05) is 6.61 Å². The van der Waals surface area contributed by atoms with Gasteiger partial charge in [0.1, 0.15) is 13.2 Å². The Morgan fingerprint density at radius 2 is 1.63 bits per heavy atom. The van der Waals surface area contributed by atoms with E-state index in [1.54, 1.807) is 12.1 Å². The van der Waals surface area contributed by atoms with Gasteiger partial charge in [0.15, 0.2) is 0 Å². The number of ketones is 1. The van der Waals surface area contributed by atoms with Crippen LogP contribution < -0.4 is 0 Å². The number of oxime groups is 1. The van der Waals surface area contributed by atoms with E-state index < -0.39 is 17.5 Å². The smallest absolute Gasteiger partial charge is 0.364 e. The van der Waals surface area contributed by atoms with Crippen LogP contribution in [0.1, 0.15) is 44.1 Å². The van der Waals surface area contributed by atoms with Gasteiger partial charge < -0.3 is 14.7 Å². The summed E-state index contributed by atoms with van der Waals surface area (Å²) in [4.78, 5) is 24.5. The predicted octanol–water partition coefficient (Wildman–Crippen LogP) is 3.11. The third-order valence-corrected chi connectivity index (χ3v) is 6.26. The molecule has 4 bridgehead atoms. The van der Waals surface area contributed by atoms with Crippen LogP contribution in [0.15, 0.2) is 35.5 Å². The van der Waals surface area contributed by atoms with Crippen molar-refractivity contribution >= 4 is 17.5 Å². The van der Waals surface area contributed by atoms with E-state index in [4.69, 9.17) is 14.7 Å². The maximum atomic E-state index is 12.4. The van der Waals surface area contributed by atoms with Gasteiger partial charge in [0.2, 0.25) is 11.5 Å². The van der Waals surface area contributed by atoms with Crippen molar-refractivity contribution in [2.24, 2.45) is 22.9 Å². The molecular weight excluding hydrogens is 346 g/mol. The van der Waals surface area contributed by atoms with Crippen LogP contribution in [-0.4, -0.2) is 34.9 Å². The summed E-state index contributed by atoms with van der Waals surface area (Å²) < 4.78 is 11.1. The molecule has 144 valence electrons. The zero-order valence-electron chi connectivity index (χ0n) is 15.3. The maximum absolute atomic E-state index is 12.4. The number of carbonyl (C=O) groups excluding carboxylic acids is 2. The van der Waals surface area contributed by atoms with Crippen LogP contribution in [0.25, 0.3) is 0 Å². The van der Waals surface area contributed by atoms with Crippen LogP contribution in [0, 0.1) is 17.8 Å². The Hall–Kier alpha value is -2.21. The van der Waals surface area contributed by atoms with Crippen molar-refractivity contribution in [3.8, 4) is 0 Å². The van der Waals surface area contributed by atoms with Crippen LogP contribution in [0.4, 0.5) is 0 Å². The molecule has 0 heterocycles. The minimum atomic E-state index is -0.930. The molecule has 6 heteroatoms. The van der Waals surface area contributed by atoms with E-state index in [-0.39, 0.29) is 18.8 Å². The van der Waals surface area contributed by atoms with Gasteiger partial charge in [-0.3, -0.25) is 4.79 Å². The second-order valence-corrected chi connectivity index (χ2v) is 8.32. The molecule has 4 saturated carbocycles. The molecule has 0 radical (unpaired) electrons. The molecule has 0 amide bonds. The average molecular weight is 371 g/mol. The number of nitrogens with zero attached hydrogens (tertiary/aromatic N) is 1. The Morgan fingerprint density at radius 3 is 2.19 bits per heavy atom. The minimum Gasteiger partial charge on any atom is -0.456 e. The summed E-state index contributed by atoms with van der Waals surface area (Å²) in [7, 11) is 0. The molecule has 1 N–H and O–H groups in total. The van der Waals surface area contributed by atoms with Gasteiger partial charge in [0.25, 0.3) is 0 Å². The molecule has 6 nitrogen and oxygen atoms in total. The minimum absolute atomic E-state index is 0.0157. The van der Waals surface area contributed by atoms with E-state index in [9.17, 15) is 9.59 Å². The zero-order chi connectivity index (χ0) is 18.9. The van der Waals surface area contributed by atoms with Crippen molar-refractivity contribution in [2.45, 2.75) is 50.7 Å². The molecule has 0 aliphatic heterocycles. The largest absolute Gasteiger partial charge is 0.456 e. The van der Waals surface area contributed by atoms with E-state index in [1.807, 2.05) is 18.2 Å². The number of esters is 1. The highest BCUT2D eigenvalue weighted by atomic mass is 16.5. The van der Waals surface area contributed by atoms with Crippen LogP contribution in [0.5, 0.6) is 0 Å². The summed E-state index contributed by atoms with van der Waals surface area (Å²) in [5.74, 6) is 0.543. The lowest BCUT2D eigenvalue weighted by Gasteiger charge is -2.56. The number of hydrogen-bond acceptors (Lipinski definition) is 6. The first-order valence-electron chi connectivity index (χ1n) is 9.67. The topological polar surface area (TPSA) is 85.2 Å². The highest BCUT2D eigenvalue weighted by Crippen LogP contribution is 2.57. The summed E-state index contributed by atoms with van der Waals surface area (Å²) in [6.45, 7) is -0.228. The van der Waals surface area contributed by atoms with Gasteiger partial charge in [-0.15, -0.1) is 0 Å². The summed E-state index contributed by atoms with van der Waals surface area (Å²) in [6, 6.07) is 9.13. The molecular formula is C21H25NO5. The average Bonchev–Trinajstić information content (AvgIpc) is 2.65. The summed E-state index contributed by atoms with van der Waals surface area (Å²) in [6.07, 6.45) is 6.84. The molecule has 27 heavy (non-hydrogen) atoms. The van der Waals surface area contributed by atoms with Crippen molar-refractivity contribution < 1.29 is 24.3 Å². The van der Waals surface area contributed by atoms with Gasteiger partial charge in [-0.25, -0.2) is 4.79 Å². The SMILES string of the molecule is O=C(COC12CC3CC(CC(C3)C1)C2)C(=NO)C(=O)OCc1ccccc1. The van der Waals surface area contributed by atoms with Crippen molar-refractivity contribution in [1.82, 2.24) is 0 Å². The van der Waals surface area contributed by atoms with Gasteiger partial charge in [-0.1, -0.05) is 35.5 Å². The molecule has 4 aliphatic carbocycles. The normalized spacial score (nSPS) is 31.7. The van der Waals surface area contributed by atoms with Gasteiger partial charge in [0.05, 0.1) is 5.60 Å². The quantitative estimate of drug-likeness (QED) is 0.262. The van der Waals surface area contributed by atoms with E-state index in [1.165, 1.54) is 19.3 Å². The Balaban J connectivity index is 1.32. The van der Waals surface area contributed by atoms with Crippen molar-refractivity contribution in [3.63, 3.8) is 0 Å². The lowest BCUT2D eigenvalue weighted by atomic mass is 9.54. The molecule has 1 aromatic carbocycles. The molecule has 1 aromatic rings. The second-order valence-electron chi connectivity index (χ2n) is 8.32. The third-order valence-electron chi connectivity index (χ3n) is 6.26. The van der Waals surface area contributed by atoms with Gasteiger partial charge in [-0.2, -0.15) is 0 Å². The van der Waals surface area contributed by atoms with Crippen LogP contribution >= 0.6 is 0 Å². The first-order chi connectivity index (χ1) is 13.1. The maximum Gasteiger partial charge on any atom is 0.364 e. The second kappa shape index (κ2) is 7.43. The monoisotopic (exact) mass is 371 g/mol. The predicted molar refractivity (Wildman–Crippen MR) is 97.3 cm³/mol. The molecule has 0 spiro atoms. The van der Waals surface area contributed by atoms with Crippen molar-refractivity contribution in [3.05, 3.63) is 35.9 Å². The number of carbonyl (C=O) groups is 2. The van der Waals surface area contributed by atoms with E-state index in [0.29, 0.717) is 17.8 Å². The number of rotatable bonds is 7. The Morgan fingerprint density at radius 1 is 1.04 bits per heavy atom. The Kier molecular flexibility index (Phi) is 5.00. The summed E-state index contributed by atoms with van der Waals surface area (Å²) >= 11 is 0. The fourth-order valence-electron chi connectivity index (χ4n) is 5.50. The highest BCUT2D eigenvalue weighted by molar-refractivity contribution is 6.64. The number of Topliss-reactive ketones (excluding diaryl/α,β-unsaturated/α-hetero) is 1. The molecule has 0 unspecified atom stereocenters. The van der Waals surface area contributed by atoms with E-state index in [2.05, 4.69) is 5.16 Å². The molecule has 4 aliphatic rings.